The van der Waals surface area contributed by atoms with Gasteiger partial charge in [0.25, 0.3) is 5.89 Å². The summed E-state index contributed by atoms with van der Waals surface area (Å²) < 4.78 is 11.1. The molecule has 5 heteroatoms. The summed E-state index contributed by atoms with van der Waals surface area (Å²) in [4.78, 5) is 4.14. The number of hydrogen-bond acceptors (Lipinski definition) is 4. The van der Waals surface area contributed by atoms with Crippen LogP contribution in [0.2, 0.25) is 0 Å². The molecule has 1 aromatic heterocycles. The Morgan fingerprint density at radius 3 is 2.73 bits per heavy atom. The molecule has 0 amide bonds. The van der Waals surface area contributed by atoms with E-state index in [9.17, 15) is 0 Å². The predicted molar refractivity (Wildman–Crippen MR) is 58.7 cm³/mol. The molecule has 15 heavy (non-hydrogen) atoms. The van der Waals surface area contributed by atoms with E-state index in [1.165, 1.54) is 0 Å². The van der Waals surface area contributed by atoms with Gasteiger partial charge in [-0.05, 0) is 25.1 Å². The highest BCUT2D eigenvalue weighted by atomic mass is 79.9. The number of halogens is 1. The van der Waals surface area contributed by atoms with Crippen molar-refractivity contribution >= 4 is 15.9 Å². The molecule has 0 aliphatic rings. The van der Waals surface area contributed by atoms with Crippen molar-refractivity contribution in [2.75, 3.05) is 7.11 Å². The molecule has 1 aromatic carbocycles. The average molecular weight is 269 g/mol. The maximum atomic E-state index is 5.14. The monoisotopic (exact) mass is 268 g/mol. The Balaban J connectivity index is 2.48. The van der Waals surface area contributed by atoms with E-state index in [2.05, 4.69) is 26.1 Å². The molecule has 0 atom stereocenters. The third-order valence-corrected chi connectivity index (χ3v) is 2.34. The van der Waals surface area contributed by atoms with E-state index in [-0.39, 0.29) is 0 Å². The first-order valence-electron chi connectivity index (χ1n) is 4.34. The van der Waals surface area contributed by atoms with Crippen LogP contribution in [0.15, 0.2) is 27.2 Å². The zero-order valence-corrected chi connectivity index (χ0v) is 9.91. The number of ether oxygens (including phenoxy) is 1. The van der Waals surface area contributed by atoms with Crippen LogP contribution in [0.4, 0.5) is 0 Å². The Morgan fingerprint density at radius 1 is 1.33 bits per heavy atom. The van der Waals surface area contributed by atoms with E-state index in [1.54, 1.807) is 14.0 Å². The standard InChI is InChI=1S/C10H9BrN2O2/c1-6-12-10(15-13-6)7-3-8(11)5-9(4-7)14-2/h3-5H,1-2H3. The average Bonchev–Trinajstić information content (AvgIpc) is 2.64. The smallest absolute Gasteiger partial charge is 0.258 e. The molecule has 78 valence electrons. The topological polar surface area (TPSA) is 48.2 Å². The molecule has 0 radical (unpaired) electrons. The number of rotatable bonds is 2. The third kappa shape index (κ3) is 2.18. The second kappa shape index (κ2) is 4.02. The summed E-state index contributed by atoms with van der Waals surface area (Å²) in [6.45, 7) is 1.78. The fourth-order valence-electron chi connectivity index (χ4n) is 1.22. The van der Waals surface area contributed by atoms with Gasteiger partial charge in [0, 0.05) is 10.0 Å². The Bertz CT molecular complexity index is 482. The van der Waals surface area contributed by atoms with Gasteiger partial charge in [-0.3, -0.25) is 0 Å². The van der Waals surface area contributed by atoms with Gasteiger partial charge in [0.2, 0.25) is 0 Å². The van der Waals surface area contributed by atoms with Crippen molar-refractivity contribution in [1.82, 2.24) is 10.1 Å². The molecule has 4 nitrogen and oxygen atoms in total. The van der Waals surface area contributed by atoms with Crippen molar-refractivity contribution in [3.05, 3.63) is 28.5 Å². The van der Waals surface area contributed by atoms with Crippen LogP contribution in [0.3, 0.4) is 0 Å². The minimum atomic E-state index is 0.493. The molecule has 1 heterocycles. The maximum Gasteiger partial charge on any atom is 0.258 e. The van der Waals surface area contributed by atoms with Crippen LogP contribution in [-0.4, -0.2) is 17.3 Å². The highest BCUT2D eigenvalue weighted by molar-refractivity contribution is 9.10. The Labute approximate surface area is 95.4 Å². The van der Waals surface area contributed by atoms with Gasteiger partial charge in [0.15, 0.2) is 5.82 Å². The van der Waals surface area contributed by atoms with Crippen molar-refractivity contribution in [2.24, 2.45) is 0 Å². The summed E-state index contributed by atoms with van der Waals surface area (Å²) in [7, 11) is 1.62. The third-order valence-electron chi connectivity index (χ3n) is 1.88. The number of methoxy groups -OCH3 is 1. The summed E-state index contributed by atoms with van der Waals surface area (Å²) >= 11 is 3.39. The Morgan fingerprint density at radius 2 is 2.13 bits per heavy atom. The highest BCUT2D eigenvalue weighted by Crippen LogP contribution is 2.27. The number of hydrogen-bond donors (Lipinski definition) is 0. The molecule has 0 fully saturated rings. The second-order valence-corrected chi connectivity index (χ2v) is 3.94. The summed E-state index contributed by atoms with van der Waals surface area (Å²) in [5, 5.41) is 3.74. The van der Waals surface area contributed by atoms with E-state index >= 15 is 0 Å². The van der Waals surface area contributed by atoms with Crippen LogP contribution in [0.5, 0.6) is 5.75 Å². The number of nitrogens with zero attached hydrogens (tertiary/aromatic N) is 2. The van der Waals surface area contributed by atoms with E-state index in [0.29, 0.717) is 11.7 Å². The van der Waals surface area contributed by atoms with Crippen LogP contribution >= 0.6 is 15.9 Å². The van der Waals surface area contributed by atoms with Crippen molar-refractivity contribution in [1.29, 1.82) is 0 Å². The molecule has 0 spiro atoms. The zero-order valence-electron chi connectivity index (χ0n) is 8.32. The molecule has 2 aromatic rings. The normalized spacial score (nSPS) is 10.3. The summed E-state index contributed by atoms with van der Waals surface area (Å²) in [6, 6.07) is 5.61. The fraction of sp³-hybridized carbons (Fsp3) is 0.200. The number of aryl methyl sites for hydroxylation is 1. The Hall–Kier alpha value is -1.36. The number of aromatic nitrogens is 2. The van der Waals surface area contributed by atoms with Crippen LogP contribution in [-0.2, 0) is 0 Å². The highest BCUT2D eigenvalue weighted by Gasteiger charge is 2.08. The molecule has 0 unspecified atom stereocenters. The van der Waals surface area contributed by atoms with E-state index in [4.69, 9.17) is 9.26 Å². The summed E-state index contributed by atoms with van der Waals surface area (Å²) in [5.74, 6) is 1.85. The zero-order chi connectivity index (χ0) is 10.8. The first-order valence-corrected chi connectivity index (χ1v) is 5.13. The van der Waals surface area contributed by atoms with Gasteiger partial charge in [0.05, 0.1) is 7.11 Å². The van der Waals surface area contributed by atoms with Gasteiger partial charge in [-0.1, -0.05) is 21.1 Å². The molecule has 0 saturated carbocycles. The van der Waals surface area contributed by atoms with E-state index in [1.807, 2.05) is 18.2 Å². The van der Waals surface area contributed by atoms with Crippen molar-refractivity contribution < 1.29 is 9.26 Å². The van der Waals surface area contributed by atoms with Crippen molar-refractivity contribution in [2.45, 2.75) is 6.92 Å². The molecule has 0 saturated heterocycles. The lowest BCUT2D eigenvalue weighted by Gasteiger charge is -2.02. The number of benzene rings is 1. The second-order valence-electron chi connectivity index (χ2n) is 3.03. The first-order chi connectivity index (χ1) is 7.19. The summed E-state index contributed by atoms with van der Waals surface area (Å²) in [5.41, 5.74) is 0.835. The van der Waals surface area contributed by atoms with Crippen LogP contribution in [0.1, 0.15) is 5.82 Å². The van der Waals surface area contributed by atoms with Gasteiger partial charge in [-0.15, -0.1) is 0 Å². The largest absolute Gasteiger partial charge is 0.497 e. The minimum Gasteiger partial charge on any atom is -0.497 e. The molecule has 2 rings (SSSR count). The van der Waals surface area contributed by atoms with Gasteiger partial charge >= 0.3 is 0 Å². The molecule has 0 aliphatic heterocycles. The lowest BCUT2D eigenvalue weighted by atomic mass is 10.2. The molecular formula is C10H9BrN2O2. The van der Waals surface area contributed by atoms with Crippen LogP contribution < -0.4 is 4.74 Å². The molecule has 0 bridgehead atoms. The van der Waals surface area contributed by atoms with Crippen LogP contribution in [0, 0.1) is 6.92 Å². The maximum absolute atomic E-state index is 5.14. The van der Waals surface area contributed by atoms with Gasteiger partial charge in [0.1, 0.15) is 5.75 Å². The molecule has 0 aliphatic carbocycles. The quantitative estimate of drug-likeness (QED) is 0.841. The Kier molecular flexibility index (Phi) is 2.73. The lowest BCUT2D eigenvalue weighted by Crippen LogP contribution is -1.85. The summed E-state index contributed by atoms with van der Waals surface area (Å²) in [6.07, 6.45) is 0. The molecule has 0 N–H and O–H groups in total. The van der Waals surface area contributed by atoms with Gasteiger partial charge < -0.3 is 9.26 Å². The van der Waals surface area contributed by atoms with Crippen molar-refractivity contribution in [3.63, 3.8) is 0 Å². The van der Waals surface area contributed by atoms with E-state index in [0.717, 1.165) is 15.8 Å². The minimum absolute atomic E-state index is 0.493. The van der Waals surface area contributed by atoms with E-state index < -0.39 is 0 Å². The van der Waals surface area contributed by atoms with Gasteiger partial charge in [-0.25, -0.2) is 0 Å². The SMILES string of the molecule is COc1cc(Br)cc(-c2nc(C)no2)c1. The van der Waals surface area contributed by atoms with Crippen molar-refractivity contribution in [3.8, 4) is 17.2 Å². The molecular weight excluding hydrogens is 260 g/mol. The first kappa shape index (κ1) is 10.2. The predicted octanol–water partition coefficient (Wildman–Crippen LogP) is 2.82. The van der Waals surface area contributed by atoms with Gasteiger partial charge in [-0.2, -0.15) is 4.98 Å². The van der Waals surface area contributed by atoms with Crippen LogP contribution in [0.25, 0.3) is 11.5 Å². The fourth-order valence-corrected chi connectivity index (χ4v) is 1.69. The lowest BCUT2D eigenvalue weighted by molar-refractivity contribution is 0.412.